The van der Waals surface area contributed by atoms with Crippen LogP contribution in [-0.4, -0.2) is 50.5 Å². The van der Waals surface area contributed by atoms with Crippen LogP contribution in [0.1, 0.15) is 77.0 Å². The fourth-order valence-corrected chi connectivity index (χ4v) is 8.60. The summed E-state index contributed by atoms with van der Waals surface area (Å²) in [6, 6.07) is 9.09. The predicted octanol–water partition coefficient (Wildman–Crippen LogP) is 6.55. The van der Waals surface area contributed by atoms with Crippen LogP contribution < -0.4 is 4.74 Å². The Kier molecular flexibility index (Phi) is 7.68. The molecule has 0 aromatic heterocycles. The predicted molar refractivity (Wildman–Crippen MR) is 171 cm³/mol. The number of allylic oxidation sites excluding steroid dienone is 2. The number of carbonyl (C=O) groups excluding carboxylic acids is 3. The lowest BCUT2D eigenvalue weighted by Gasteiger charge is -2.59. The van der Waals surface area contributed by atoms with E-state index >= 15 is 0 Å². The van der Waals surface area contributed by atoms with E-state index < -0.39 is 62.7 Å². The van der Waals surface area contributed by atoms with E-state index in [0.29, 0.717) is 16.9 Å². The van der Waals surface area contributed by atoms with Gasteiger partial charge in [-0.1, -0.05) is 52.8 Å². The molecular formula is C37H42O8. The van der Waals surface area contributed by atoms with Crippen LogP contribution in [0.15, 0.2) is 59.9 Å². The molecule has 5 atom stereocenters. The van der Waals surface area contributed by atoms with Crippen LogP contribution in [0.2, 0.25) is 0 Å². The number of hydrogen-bond acceptors (Lipinski definition) is 8. The van der Waals surface area contributed by atoms with Crippen molar-refractivity contribution >= 4 is 23.1 Å². The molecule has 2 aromatic carbocycles. The molecule has 5 rings (SSSR count). The largest absolute Gasteiger partial charge is 0.508 e. The van der Waals surface area contributed by atoms with Crippen molar-refractivity contribution in [2.75, 3.05) is 7.11 Å². The number of hydrogen-bond donors (Lipinski definition) is 4. The summed E-state index contributed by atoms with van der Waals surface area (Å²) in [5.41, 5.74) is -2.93. The number of carbonyl (C=O) groups is 3. The number of methoxy groups -OCH3 is 1. The van der Waals surface area contributed by atoms with Crippen molar-refractivity contribution in [3.63, 3.8) is 0 Å². The maximum absolute atomic E-state index is 14.6. The third-order valence-corrected chi connectivity index (χ3v) is 10.5. The monoisotopic (exact) mass is 614 g/mol. The highest BCUT2D eigenvalue weighted by Gasteiger charge is 2.72. The van der Waals surface area contributed by atoms with E-state index in [1.54, 1.807) is 40.9 Å². The molecule has 0 heterocycles. The molecule has 1 saturated carbocycles. The molecule has 2 unspecified atom stereocenters. The van der Waals surface area contributed by atoms with Gasteiger partial charge < -0.3 is 25.2 Å². The number of ether oxygens (including phenoxy) is 1. The van der Waals surface area contributed by atoms with E-state index in [0.717, 1.165) is 24.5 Å². The average molecular weight is 615 g/mol. The zero-order valence-corrected chi connectivity index (χ0v) is 26.9. The number of phenols is 1. The third kappa shape index (κ3) is 4.32. The van der Waals surface area contributed by atoms with Gasteiger partial charge in [-0.25, -0.2) is 0 Å². The van der Waals surface area contributed by atoms with E-state index in [9.17, 15) is 34.8 Å². The summed E-state index contributed by atoms with van der Waals surface area (Å²) in [6.07, 6.45) is 2.81. The van der Waals surface area contributed by atoms with Gasteiger partial charge in [0.2, 0.25) is 5.78 Å². The summed E-state index contributed by atoms with van der Waals surface area (Å²) in [5, 5.41) is 46.6. The van der Waals surface area contributed by atoms with Crippen molar-refractivity contribution in [1.29, 1.82) is 0 Å². The molecule has 238 valence electrons. The molecular weight excluding hydrogens is 572 g/mol. The number of benzene rings is 2. The van der Waals surface area contributed by atoms with E-state index in [4.69, 9.17) is 4.74 Å². The summed E-state index contributed by atoms with van der Waals surface area (Å²) in [6.45, 7) is 14.0. The second-order valence-corrected chi connectivity index (χ2v) is 13.8. The normalized spacial score (nSPS) is 28.4. The summed E-state index contributed by atoms with van der Waals surface area (Å²) < 4.78 is 5.74. The van der Waals surface area contributed by atoms with Crippen LogP contribution in [0.5, 0.6) is 11.5 Å². The number of aliphatic hydroxyl groups excluding tert-OH is 2. The molecule has 0 saturated heterocycles. The van der Waals surface area contributed by atoms with E-state index in [1.807, 2.05) is 24.3 Å². The summed E-state index contributed by atoms with van der Waals surface area (Å²) in [7, 11) is 1.57. The second kappa shape index (κ2) is 10.7. The van der Waals surface area contributed by atoms with Gasteiger partial charge >= 0.3 is 0 Å². The van der Waals surface area contributed by atoms with Crippen LogP contribution in [0.4, 0.5) is 0 Å². The minimum Gasteiger partial charge on any atom is -0.508 e. The zero-order valence-electron chi connectivity index (χ0n) is 26.9. The van der Waals surface area contributed by atoms with Gasteiger partial charge in [0, 0.05) is 27.9 Å². The molecule has 8 nitrogen and oxygen atoms in total. The van der Waals surface area contributed by atoms with Crippen LogP contribution in [0.25, 0.3) is 16.9 Å². The third-order valence-electron chi connectivity index (χ3n) is 10.5. The molecule has 45 heavy (non-hydrogen) atoms. The number of rotatable bonds is 7. The standard InChI is InChI=1S/C37H42O8/c1-9-10-19(4)21-11-14-26(45-8)23(15-21)22-12-13-25(39)28-24(22)16-35(6)17-36(7)29(18(2)3)31(40)27(20(5)38)33(42)37(36,44)34(43)30(35)32(28)41/h9,11-15,18-19,29,39,41-42,44H,1,10,16-17H2,2-8H3/t19?,29?,35-,36-,37+/m1/s1. The van der Waals surface area contributed by atoms with Crippen molar-refractivity contribution in [2.24, 2.45) is 22.7 Å². The fraction of sp³-hybridized carbons (Fsp3) is 0.432. The van der Waals surface area contributed by atoms with Gasteiger partial charge in [-0.15, -0.1) is 6.58 Å². The lowest BCUT2D eigenvalue weighted by Crippen LogP contribution is -2.69. The molecule has 0 aliphatic heterocycles. The van der Waals surface area contributed by atoms with Crippen LogP contribution in [-0.2, 0) is 20.8 Å². The second-order valence-electron chi connectivity index (χ2n) is 13.8. The number of aliphatic hydroxyl groups is 3. The minimum absolute atomic E-state index is 0.0214. The smallest absolute Gasteiger partial charge is 0.203 e. The fourth-order valence-electron chi connectivity index (χ4n) is 8.60. The van der Waals surface area contributed by atoms with Gasteiger partial charge in [0.05, 0.1) is 12.7 Å². The van der Waals surface area contributed by atoms with Crippen molar-refractivity contribution in [1.82, 2.24) is 0 Å². The highest BCUT2D eigenvalue weighted by Crippen LogP contribution is 2.65. The molecule has 3 aliphatic carbocycles. The summed E-state index contributed by atoms with van der Waals surface area (Å²) in [5.74, 6) is -4.72. The Morgan fingerprint density at radius 1 is 1.09 bits per heavy atom. The molecule has 0 bridgehead atoms. The number of Topliss-reactive ketones (excluding diaryl/α,β-unsaturated/α-hetero) is 3. The van der Waals surface area contributed by atoms with Crippen molar-refractivity contribution in [3.8, 4) is 22.6 Å². The Morgan fingerprint density at radius 2 is 1.76 bits per heavy atom. The Morgan fingerprint density at radius 3 is 2.33 bits per heavy atom. The van der Waals surface area contributed by atoms with Crippen molar-refractivity contribution in [3.05, 3.63) is 76.6 Å². The first kappa shape index (κ1) is 32.2. The van der Waals surface area contributed by atoms with Crippen LogP contribution in [0, 0.1) is 22.7 Å². The molecule has 3 aliphatic rings. The van der Waals surface area contributed by atoms with Gasteiger partial charge in [0.1, 0.15) is 28.6 Å². The summed E-state index contributed by atoms with van der Waals surface area (Å²) in [4.78, 5) is 40.9. The number of ketones is 3. The Balaban J connectivity index is 1.81. The molecule has 1 fully saturated rings. The quantitative estimate of drug-likeness (QED) is 0.203. The van der Waals surface area contributed by atoms with Gasteiger partial charge in [-0.3, -0.25) is 14.4 Å². The number of aromatic hydroxyl groups is 1. The average Bonchev–Trinajstić information content (AvgIpc) is 2.94. The van der Waals surface area contributed by atoms with Crippen LogP contribution >= 0.6 is 0 Å². The first-order valence-electron chi connectivity index (χ1n) is 15.3. The van der Waals surface area contributed by atoms with Crippen molar-refractivity contribution in [2.45, 2.75) is 72.3 Å². The van der Waals surface area contributed by atoms with Gasteiger partial charge in [0.25, 0.3) is 0 Å². The maximum Gasteiger partial charge on any atom is 0.203 e. The molecule has 0 amide bonds. The van der Waals surface area contributed by atoms with Gasteiger partial charge in [0.15, 0.2) is 17.2 Å². The number of fused-ring (bicyclic) bond motifs is 3. The van der Waals surface area contributed by atoms with E-state index in [-0.39, 0.29) is 35.6 Å². The number of phenolic OH excluding ortho intramolecular Hbond substituents is 1. The molecule has 0 spiro atoms. The molecule has 8 heteroatoms. The van der Waals surface area contributed by atoms with Crippen molar-refractivity contribution < 1.29 is 39.5 Å². The SMILES string of the molecule is C=CCC(C)c1ccc(OC)c(-c2ccc(O)c3c2C[C@]2(C)C[C@]4(C)C(C(C)C)C(=O)C(C(C)=O)=C(O)[C@]4(O)C(=O)C2=C3O)c1. The van der Waals surface area contributed by atoms with E-state index in [1.165, 1.54) is 6.07 Å². The molecule has 0 radical (unpaired) electrons. The topological polar surface area (TPSA) is 141 Å². The molecule has 2 aromatic rings. The minimum atomic E-state index is -2.65. The lowest BCUT2D eigenvalue weighted by atomic mass is 9.43. The Bertz CT molecular complexity index is 1730. The Labute approximate surface area is 263 Å². The first-order chi connectivity index (χ1) is 21.0. The zero-order chi connectivity index (χ0) is 33.4. The van der Waals surface area contributed by atoms with Crippen LogP contribution in [0.3, 0.4) is 0 Å². The Hall–Kier alpha value is -4.17. The van der Waals surface area contributed by atoms with Gasteiger partial charge in [-0.2, -0.15) is 0 Å². The first-order valence-corrected chi connectivity index (χ1v) is 15.3. The van der Waals surface area contributed by atoms with Gasteiger partial charge in [-0.05, 0) is 72.9 Å². The maximum atomic E-state index is 14.6. The van der Waals surface area contributed by atoms with E-state index in [2.05, 4.69) is 13.5 Å². The highest BCUT2D eigenvalue weighted by atomic mass is 16.5. The summed E-state index contributed by atoms with van der Waals surface area (Å²) >= 11 is 0. The molecule has 4 N–H and O–H groups in total. The highest BCUT2D eigenvalue weighted by molar-refractivity contribution is 6.24. The lowest BCUT2D eigenvalue weighted by molar-refractivity contribution is -0.178.